The molecule has 2 rings (SSSR count). The number of nitrogens with one attached hydrogen (secondary N) is 1. The summed E-state index contributed by atoms with van der Waals surface area (Å²) in [6.45, 7) is 0. The summed E-state index contributed by atoms with van der Waals surface area (Å²) in [4.78, 5) is 6.95. The average molecular weight is 166 g/mol. The maximum absolute atomic E-state index is 10.0. The summed E-state index contributed by atoms with van der Waals surface area (Å²) in [6, 6.07) is 0. The van der Waals surface area contributed by atoms with Gasteiger partial charge < -0.3 is 10.1 Å². The third-order valence-corrected chi connectivity index (χ3v) is 2.61. The number of aliphatic hydroxyl groups is 1. The Hall–Kier alpha value is -0.830. The second-order valence-corrected chi connectivity index (χ2v) is 3.69. The Kier molecular flexibility index (Phi) is 1.89. The number of hydrogen-bond acceptors (Lipinski definition) is 2. The smallest absolute Gasteiger partial charge is 0.0921 e. The minimum atomic E-state index is -0.452. The predicted octanol–water partition coefficient (Wildman–Crippen LogP) is 1.26. The molecule has 1 aromatic rings. The fraction of sp³-hybridized carbons (Fsp3) is 0.667. The highest BCUT2D eigenvalue weighted by Crippen LogP contribution is 2.31. The van der Waals surface area contributed by atoms with Gasteiger partial charge in [-0.05, 0) is 12.8 Å². The van der Waals surface area contributed by atoms with Gasteiger partial charge in [-0.1, -0.05) is 12.8 Å². The zero-order chi connectivity index (χ0) is 8.44. The Morgan fingerprint density at radius 2 is 2.25 bits per heavy atom. The molecule has 0 aliphatic heterocycles. The van der Waals surface area contributed by atoms with E-state index in [9.17, 15) is 5.11 Å². The van der Waals surface area contributed by atoms with Crippen LogP contribution in [0, 0.1) is 0 Å². The monoisotopic (exact) mass is 166 g/mol. The zero-order valence-electron chi connectivity index (χ0n) is 7.08. The number of imidazole rings is 1. The fourth-order valence-corrected chi connectivity index (χ4v) is 1.95. The molecule has 1 heterocycles. The summed E-state index contributed by atoms with van der Waals surface area (Å²) in [5.41, 5.74) is 0.589. The molecule has 0 atom stereocenters. The lowest BCUT2D eigenvalue weighted by Crippen LogP contribution is -2.27. The largest absolute Gasteiger partial charge is 0.389 e. The minimum Gasteiger partial charge on any atom is -0.389 e. The van der Waals surface area contributed by atoms with Crippen molar-refractivity contribution in [1.29, 1.82) is 0 Å². The Bertz CT molecular complexity index is 237. The first kappa shape index (κ1) is 7.80. The molecule has 1 aliphatic carbocycles. The third kappa shape index (κ3) is 1.50. The van der Waals surface area contributed by atoms with E-state index in [1.54, 1.807) is 12.5 Å². The second kappa shape index (κ2) is 2.90. The van der Waals surface area contributed by atoms with Crippen molar-refractivity contribution >= 4 is 0 Å². The summed E-state index contributed by atoms with van der Waals surface area (Å²) in [7, 11) is 0. The second-order valence-electron chi connectivity index (χ2n) is 3.69. The average Bonchev–Trinajstić information content (AvgIpc) is 2.62. The molecule has 0 spiro atoms. The van der Waals surface area contributed by atoms with Gasteiger partial charge in [0.15, 0.2) is 0 Å². The molecule has 0 bridgehead atoms. The highest BCUT2D eigenvalue weighted by atomic mass is 16.3. The molecular weight excluding hydrogens is 152 g/mol. The molecule has 1 fully saturated rings. The van der Waals surface area contributed by atoms with Gasteiger partial charge in [0.2, 0.25) is 0 Å². The van der Waals surface area contributed by atoms with Gasteiger partial charge in [0.05, 0.1) is 11.9 Å². The highest BCUT2D eigenvalue weighted by molar-refractivity contribution is 5.02. The number of aromatic nitrogens is 2. The van der Waals surface area contributed by atoms with Gasteiger partial charge >= 0.3 is 0 Å². The van der Waals surface area contributed by atoms with Crippen LogP contribution < -0.4 is 0 Å². The van der Waals surface area contributed by atoms with Crippen molar-refractivity contribution < 1.29 is 5.11 Å². The van der Waals surface area contributed by atoms with Gasteiger partial charge in [0.25, 0.3) is 0 Å². The number of H-pyrrole nitrogens is 1. The molecule has 0 aromatic carbocycles. The first-order chi connectivity index (χ1) is 5.79. The Morgan fingerprint density at radius 3 is 2.83 bits per heavy atom. The molecule has 3 nitrogen and oxygen atoms in total. The highest BCUT2D eigenvalue weighted by Gasteiger charge is 2.31. The predicted molar refractivity (Wildman–Crippen MR) is 45.7 cm³/mol. The van der Waals surface area contributed by atoms with E-state index in [0.717, 1.165) is 37.8 Å². The number of aromatic amines is 1. The summed E-state index contributed by atoms with van der Waals surface area (Å²) in [5.74, 6) is 0. The van der Waals surface area contributed by atoms with Gasteiger partial charge in [-0.25, -0.2) is 4.98 Å². The molecule has 1 aromatic heterocycles. The molecule has 0 amide bonds. The molecule has 12 heavy (non-hydrogen) atoms. The van der Waals surface area contributed by atoms with Crippen LogP contribution in [0.25, 0.3) is 0 Å². The Morgan fingerprint density at radius 1 is 1.50 bits per heavy atom. The van der Waals surface area contributed by atoms with Gasteiger partial charge in [-0.3, -0.25) is 0 Å². The summed E-state index contributed by atoms with van der Waals surface area (Å²) in [5, 5.41) is 10.0. The van der Waals surface area contributed by atoms with Crippen LogP contribution in [-0.2, 0) is 6.42 Å². The normalized spacial score (nSPS) is 21.4. The van der Waals surface area contributed by atoms with E-state index in [4.69, 9.17) is 0 Å². The van der Waals surface area contributed by atoms with Crippen LogP contribution >= 0.6 is 0 Å². The quantitative estimate of drug-likeness (QED) is 0.694. The standard InChI is InChI=1S/C9H14N2O/c12-9(3-1-2-4-9)5-8-6-10-7-11-8/h6-7,12H,1-5H2,(H,10,11). The van der Waals surface area contributed by atoms with E-state index in [1.807, 2.05) is 0 Å². The van der Waals surface area contributed by atoms with Crippen molar-refractivity contribution in [3.63, 3.8) is 0 Å². The molecule has 1 saturated carbocycles. The molecule has 0 saturated heterocycles. The molecule has 3 heteroatoms. The number of hydrogen-bond donors (Lipinski definition) is 2. The van der Waals surface area contributed by atoms with Crippen LogP contribution in [0.3, 0.4) is 0 Å². The van der Waals surface area contributed by atoms with Gasteiger partial charge in [0.1, 0.15) is 0 Å². The molecule has 66 valence electrons. The van der Waals surface area contributed by atoms with Crippen molar-refractivity contribution in [2.24, 2.45) is 0 Å². The Labute approximate surface area is 71.8 Å². The van der Waals surface area contributed by atoms with Crippen molar-refractivity contribution in [2.75, 3.05) is 0 Å². The van der Waals surface area contributed by atoms with E-state index in [2.05, 4.69) is 9.97 Å². The van der Waals surface area contributed by atoms with Crippen LogP contribution in [0.15, 0.2) is 12.5 Å². The van der Waals surface area contributed by atoms with E-state index in [1.165, 1.54) is 0 Å². The molecule has 2 N–H and O–H groups in total. The lowest BCUT2D eigenvalue weighted by Gasteiger charge is -2.20. The summed E-state index contributed by atoms with van der Waals surface area (Å²) < 4.78 is 0. The van der Waals surface area contributed by atoms with Gasteiger partial charge in [-0.15, -0.1) is 0 Å². The van der Waals surface area contributed by atoms with Crippen molar-refractivity contribution in [2.45, 2.75) is 37.7 Å². The van der Waals surface area contributed by atoms with Crippen LogP contribution in [-0.4, -0.2) is 20.7 Å². The van der Waals surface area contributed by atoms with E-state index < -0.39 is 5.60 Å². The van der Waals surface area contributed by atoms with E-state index in [-0.39, 0.29) is 0 Å². The van der Waals surface area contributed by atoms with Crippen LogP contribution in [0.1, 0.15) is 31.4 Å². The van der Waals surface area contributed by atoms with Crippen LogP contribution in [0.5, 0.6) is 0 Å². The topological polar surface area (TPSA) is 48.9 Å². The molecule has 1 aliphatic rings. The SMILES string of the molecule is OC1(Cc2cnc[nH]2)CCCC1. The molecular formula is C9H14N2O. The van der Waals surface area contributed by atoms with Crippen molar-refractivity contribution in [1.82, 2.24) is 9.97 Å². The first-order valence-electron chi connectivity index (χ1n) is 4.48. The first-order valence-corrected chi connectivity index (χ1v) is 4.48. The van der Waals surface area contributed by atoms with Crippen molar-refractivity contribution in [3.05, 3.63) is 18.2 Å². The molecule has 0 unspecified atom stereocenters. The fourth-order valence-electron chi connectivity index (χ4n) is 1.95. The summed E-state index contributed by atoms with van der Waals surface area (Å²) in [6.07, 6.45) is 8.37. The Balaban J connectivity index is 2.02. The lowest BCUT2D eigenvalue weighted by molar-refractivity contribution is 0.0473. The minimum absolute atomic E-state index is 0.452. The maximum Gasteiger partial charge on any atom is 0.0921 e. The van der Waals surface area contributed by atoms with Gasteiger partial charge in [0, 0.05) is 18.3 Å². The van der Waals surface area contributed by atoms with E-state index >= 15 is 0 Å². The van der Waals surface area contributed by atoms with Crippen molar-refractivity contribution in [3.8, 4) is 0 Å². The lowest BCUT2D eigenvalue weighted by atomic mass is 9.96. The van der Waals surface area contributed by atoms with Gasteiger partial charge in [-0.2, -0.15) is 0 Å². The third-order valence-electron chi connectivity index (χ3n) is 2.61. The number of nitrogens with zero attached hydrogens (tertiary/aromatic N) is 1. The van der Waals surface area contributed by atoms with E-state index in [0.29, 0.717) is 0 Å². The van der Waals surface area contributed by atoms with Crippen LogP contribution in [0.4, 0.5) is 0 Å². The maximum atomic E-state index is 10.0. The number of rotatable bonds is 2. The zero-order valence-corrected chi connectivity index (χ0v) is 7.08. The van der Waals surface area contributed by atoms with Crippen LogP contribution in [0.2, 0.25) is 0 Å². The summed E-state index contributed by atoms with van der Waals surface area (Å²) >= 11 is 0. The molecule has 0 radical (unpaired) electrons.